The molecule has 0 amide bonds. The van der Waals surface area contributed by atoms with Crippen LogP contribution in [0.25, 0.3) is 0 Å². The Bertz CT molecular complexity index is 264. The number of nitrogens with two attached hydrogens (primary N) is 1. The van der Waals surface area contributed by atoms with Crippen molar-refractivity contribution < 1.29 is 0 Å². The Hall–Kier alpha value is -1.02. The summed E-state index contributed by atoms with van der Waals surface area (Å²) in [5, 5.41) is 0. The van der Waals surface area contributed by atoms with E-state index in [1.807, 2.05) is 0 Å². The molecule has 0 aromatic heterocycles. The minimum Gasteiger partial charge on any atom is -0.369 e. The normalized spacial score (nSPS) is 10.6. The van der Waals surface area contributed by atoms with Gasteiger partial charge in [-0.25, -0.2) is 0 Å². The molecule has 0 unspecified atom stereocenters. The standard InChI is InChI=1S/C12H20N2/c1-4-14(10(2)3)12-7-5-11(9-13)6-8-12/h5-8,10H,4,9,13H2,1-3H3. The van der Waals surface area contributed by atoms with Crippen LogP contribution < -0.4 is 10.6 Å². The fourth-order valence-electron chi connectivity index (χ4n) is 1.67. The first-order valence-electron chi connectivity index (χ1n) is 5.24. The SMILES string of the molecule is CCN(c1ccc(CN)cc1)C(C)C. The van der Waals surface area contributed by atoms with E-state index in [0.717, 1.165) is 6.54 Å². The van der Waals surface area contributed by atoms with E-state index in [0.29, 0.717) is 12.6 Å². The zero-order valence-electron chi connectivity index (χ0n) is 9.33. The van der Waals surface area contributed by atoms with Gasteiger partial charge in [0.2, 0.25) is 0 Å². The largest absolute Gasteiger partial charge is 0.369 e. The molecule has 0 spiro atoms. The molecule has 1 aromatic rings. The van der Waals surface area contributed by atoms with Crippen molar-refractivity contribution in [3.8, 4) is 0 Å². The molecule has 2 heteroatoms. The summed E-state index contributed by atoms with van der Waals surface area (Å²) < 4.78 is 0. The first kappa shape index (κ1) is 11.1. The molecule has 0 saturated carbocycles. The fourth-order valence-corrected chi connectivity index (χ4v) is 1.67. The zero-order valence-corrected chi connectivity index (χ0v) is 9.33. The van der Waals surface area contributed by atoms with Crippen LogP contribution in [0, 0.1) is 0 Å². The van der Waals surface area contributed by atoms with E-state index in [1.165, 1.54) is 11.3 Å². The van der Waals surface area contributed by atoms with Gasteiger partial charge in [-0.1, -0.05) is 12.1 Å². The molecule has 0 radical (unpaired) electrons. The summed E-state index contributed by atoms with van der Waals surface area (Å²) in [4.78, 5) is 2.36. The van der Waals surface area contributed by atoms with E-state index in [4.69, 9.17) is 5.73 Å². The van der Waals surface area contributed by atoms with E-state index >= 15 is 0 Å². The van der Waals surface area contributed by atoms with Crippen LogP contribution in [-0.4, -0.2) is 12.6 Å². The lowest BCUT2D eigenvalue weighted by Crippen LogP contribution is -2.30. The molecule has 78 valence electrons. The van der Waals surface area contributed by atoms with Gasteiger partial charge >= 0.3 is 0 Å². The highest BCUT2D eigenvalue weighted by Crippen LogP contribution is 2.17. The van der Waals surface area contributed by atoms with Crippen molar-refractivity contribution in [2.24, 2.45) is 5.73 Å². The van der Waals surface area contributed by atoms with Crippen LogP contribution in [0.1, 0.15) is 26.3 Å². The molecular weight excluding hydrogens is 172 g/mol. The van der Waals surface area contributed by atoms with Gasteiger partial charge < -0.3 is 10.6 Å². The van der Waals surface area contributed by atoms with E-state index < -0.39 is 0 Å². The average Bonchev–Trinajstić information content (AvgIpc) is 2.19. The minimum absolute atomic E-state index is 0.545. The Morgan fingerprint density at radius 1 is 1.21 bits per heavy atom. The predicted molar refractivity (Wildman–Crippen MR) is 62.5 cm³/mol. The van der Waals surface area contributed by atoms with Crippen LogP contribution in [0.2, 0.25) is 0 Å². The number of hydrogen-bond acceptors (Lipinski definition) is 2. The monoisotopic (exact) mass is 192 g/mol. The molecule has 0 heterocycles. The summed E-state index contributed by atoms with van der Waals surface area (Å²) in [6.07, 6.45) is 0. The van der Waals surface area contributed by atoms with Crippen LogP contribution in [0.4, 0.5) is 5.69 Å². The average molecular weight is 192 g/mol. The summed E-state index contributed by atoms with van der Waals surface area (Å²) in [5.74, 6) is 0. The van der Waals surface area contributed by atoms with Crippen molar-refractivity contribution >= 4 is 5.69 Å². The summed E-state index contributed by atoms with van der Waals surface area (Å²) in [5.41, 5.74) is 8.02. The van der Waals surface area contributed by atoms with Gasteiger partial charge in [-0.15, -0.1) is 0 Å². The van der Waals surface area contributed by atoms with Crippen LogP contribution in [0.3, 0.4) is 0 Å². The highest BCUT2D eigenvalue weighted by Gasteiger charge is 2.06. The van der Waals surface area contributed by atoms with E-state index in [1.54, 1.807) is 0 Å². The Balaban J connectivity index is 2.84. The molecule has 0 aliphatic carbocycles. The third-order valence-corrected chi connectivity index (χ3v) is 2.47. The second-order valence-electron chi connectivity index (χ2n) is 3.75. The maximum atomic E-state index is 5.55. The van der Waals surface area contributed by atoms with Gasteiger partial charge in [0, 0.05) is 24.8 Å². The molecular formula is C12H20N2. The van der Waals surface area contributed by atoms with Crippen molar-refractivity contribution in [3.05, 3.63) is 29.8 Å². The number of anilines is 1. The lowest BCUT2D eigenvalue weighted by molar-refractivity contribution is 0.703. The number of benzene rings is 1. The Labute approximate surface area is 86.7 Å². The first-order chi connectivity index (χ1) is 6.69. The number of rotatable bonds is 4. The lowest BCUT2D eigenvalue weighted by Gasteiger charge is -2.27. The van der Waals surface area contributed by atoms with Gasteiger partial charge in [-0.05, 0) is 38.5 Å². The van der Waals surface area contributed by atoms with Crippen LogP contribution in [-0.2, 0) is 6.54 Å². The fraction of sp³-hybridized carbons (Fsp3) is 0.500. The maximum absolute atomic E-state index is 5.55. The Morgan fingerprint density at radius 3 is 2.14 bits per heavy atom. The van der Waals surface area contributed by atoms with Crippen molar-refractivity contribution in [2.45, 2.75) is 33.4 Å². The molecule has 0 bridgehead atoms. The van der Waals surface area contributed by atoms with Gasteiger partial charge in [0.1, 0.15) is 0 Å². The van der Waals surface area contributed by atoms with Crippen molar-refractivity contribution in [1.29, 1.82) is 0 Å². The maximum Gasteiger partial charge on any atom is 0.0368 e. The number of nitrogens with zero attached hydrogens (tertiary/aromatic N) is 1. The molecule has 0 aliphatic heterocycles. The molecule has 2 nitrogen and oxygen atoms in total. The Morgan fingerprint density at radius 2 is 1.79 bits per heavy atom. The lowest BCUT2D eigenvalue weighted by atomic mass is 10.2. The molecule has 0 saturated heterocycles. The second-order valence-corrected chi connectivity index (χ2v) is 3.75. The van der Waals surface area contributed by atoms with E-state index in [9.17, 15) is 0 Å². The third-order valence-electron chi connectivity index (χ3n) is 2.47. The van der Waals surface area contributed by atoms with Gasteiger partial charge in [0.25, 0.3) is 0 Å². The molecule has 1 aromatic carbocycles. The molecule has 0 fully saturated rings. The van der Waals surface area contributed by atoms with E-state index in [2.05, 4.69) is 49.9 Å². The molecule has 1 rings (SSSR count). The summed E-state index contributed by atoms with van der Waals surface area (Å²) in [6.45, 7) is 8.26. The van der Waals surface area contributed by atoms with Crippen LogP contribution in [0.5, 0.6) is 0 Å². The second kappa shape index (κ2) is 5.01. The van der Waals surface area contributed by atoms with Crippen molar-refractivity contribution in [3.63, 3.8) is 0 Å². The van der Waals surface area contributed by atoms with Gasteiger partial charge in [-0.2, -0.15) is 0 Å². The van der Waals surface area contributed by atoms with Crippen molar-refractivity contribution in [2.75, 3.05) is 11.4 Å². The molecule has 2 N–H and O–H groups in total. The Kier molecular flexibility index (Phi) is 3.96. The predicted octanol–water partition coefficient (Wildman–Crippen LogP) is 2.38. The first-order valence-corrected chi connectivity index (χ1v) is 5.24. The molecule has 0 atom stereocenters. The molecule has 0 aliphatic rings. The summed E-state index contributed by atoms with van der Waals surface area (Å²) >= 11 is 0. The van der Waals surface area contributed by atoms with Gasteiger partial charge in [0.05, 0.1) is 0 Å². The van der Waals surface area contributed by atoms with Crippen LogP contribution in [0.15, 0.2) is 24.3 Å². The minimum atomic E-state index is 0.545. The zero-order chi connectivity index (χ0) is 10.6. The highest BCUT2D eigenvalue weighted by molar-refractivity contribution is 5.48. The van der Waals surface area contributed by atoms with Gasteiger partial charge in [-0.3, -0.25) is 0 Å². The van der Waals surface area contributed by atoms with E-state index in [-0.39, 0.29) is 0 Å². The smallest absolute Gasteiger partial charge is 0.0368 e. The summed E-state index contributed by atoms with van der Waals surface area (Å²) in [7, 11) is 0. The molecule has 14 heavy (non-hydrogen) atoms. The van der Waals surface area contributed by atoms with Crippen LogP contribution >= 0.6 is 0 Å². The van der Waals surface area contributed by atoms with Gasteiger partial charge in [0.15, 0.2) is 0 Å². The summed E-state index contributed by atoms with van der Waals surface area (Å²) in [6, 6.07) is 9.03. The number of hydrogen-bond donors (Lipinski definition) is 1. The van der Waals surface area contributed by atoms with Crippen molar-refractivity contribution in [1.82, 2.24) is 0 Å². The topological polar surface area (TPSA) is 29.3 Å². The quantitative estimate of drug-likeness (QED) is 0.793. The highest BCUT2D eigenvalue weighted by atomic mass is 15.1. The third kappa shape index (κ3) is 2.48.